The fourth-order valence-electron chi connectivity index (χ4n) is 5.24. The second-order valence-electron chi connectivity index (χ2n) is 12.5. The molecule has 0 N–H and O–H groups in total. The van der Waals surface area contributed by atoms with Crippen molar-refractivity contribution in [3.05, 3.63) is 89.5 Å². The summed E-state index contributed by atoms with van der Waals surface area (Å²) < 4.78 is 59.4. The molecule has 10 nitrogen and oxygen atoms in total. The average molecular weight is 670 g/mol. The molecular formula is C36H47NO9S. The molecule has 0 bridgehead atoms. The van der Waals surface area contributed by atoms with Crippen molar-refractivity contribution in [1.29, 1.82) is 0 Å². The lowest BCUT2D eigenvalue weighted by atomic mass is 9.87. The van der Waals surface area contributed by atoms with Crippen LogP contribution in [0.25, 0.3) is 0 Å². The molecule has 0 aliphatic carbocycles. The zero-order valence-corrected chi connectivity index (χ0v) is 28.8. The molecule has 0 radical (unpaired) electrons. The lowest BCUT2D eigenvalue weighted by Crippen LogP contribution is -2.48. The molecule has 1 aliphatic rings. The summed E-state index contributed by atoms with van der Waals surface area (Å²) in [5.74, 6) is 1.53. The maximum absolute atomic E-state index is 12.9. The number of piperidine rings is 1. The van der Waals surface area contributed by atoms with E-state index in [4.69, 9.17) is 27.9 Å². The van der Waals surface area contributed by atoms with Gasteiger partial charge in [0.2, 0.25) is 0 Å². The van der Waals surface area contributed by atoms with E-state index in [0.29, 0.717) is 39.3 Å². The maximum Gasteiger partial charge on any atom is 0.410 e. The number of para-hydroxylation sites is 1. The number of methoxy groups -OCH3 is 1. The number of nitrogens with zero attached hydrogens (tertiary/aromatic N) is 1. The molecule has 4 rings (SSSR count). The quantitative estimate of drug-likeness (QED) is 0.132. The molecule has 1 amide bonds. The lowest BCUT2D eigenvalue weighted by Gasteiger charge is -2.39. The molecule has 0 saturated carbocycles. The number of hydrogen-bond donors (Lipinski definition) is 0. The second kappa shape index (κ2) is 17.0. The van der Waals surface area contributed by atoms with E-state index in [1.165, 1.54) is 12.1 Å². The van der Waals surface area contributed by atoms with Crippen LogP contribution in [-0.2, 0) is 35.1 Å². The van der Waals surface area contributed by atoms with Crippen LogP contribution < -0.4 is 9.47 Å². The van der Waals surface area contributed by atoms with Crippen molar-refractivity contribution < 1.29 is 41.1 Å². The molecular weight excluding hydrogens is 622 g/mol. The van der Waals surface area contributed by atoms with Gasteiger partial charge in [-0.05, 0) is 70.0 Å². The summed E-state index contributed by atoms with van der Waals surface area (Å²) in [6.45, 7) is 9.61. The Kier molecular flexibility index (Phi) is 13.1. The van der Waals surface area contributed by atoms with Gasteiger partial charge in [0.15, 0.2) is 0 Å². The highest BCUT2D eigenvalue weighted by molar-refractivity contribution is 7.86. The fraction of sp³-hybridized carbons (Fsp3) is 0.472. The Hall–Kier alpha value is -3.64. The minimum Gasteiger partial charge on any atom is -0.496 e. The third kappa shape index (κ3) is 11.2. The highest BCUT2D eigenvalue weighted by Crippen LogP contribution is 2.32. The van der Waals surface area contributed by atoms with Gasteiger partial charge in [-0.2, -0.15) is 8.42 Å². The summed E-state index contributed by atoms with van der Waals surface area (Å²) in [7, 11) is -2.27. The molecule has 47 heavy (non-hydrogen) atoms. The minimum absolute atomic E-state index is 0.0279. The summed E-state index contributed by atoms with van der Waals surface area (Å²) in [6.07, 6.45) is 0.584. The first-order chi connectivity index (χ1) is 22.4. The lowest BCUT2D eigenvalue weighted by molar-refractivity contribution is -0.0354. The number of likely N-dealkylation sites (tertiary alicyclic amines) is 1. The number of carbonyl (C=O) groups excluding carboxylic acids is 1. The van der Waals surface area contributed by atoms with Crippen molar-refractivity contribution in [2.45, 2.75) is 69.7 Å². The first-order valence-corrected chi connectivity index (χ1v) is 17.3. The van der Waals surface area contributed by atoms with Crippen LogP contribution in [0.2, 0.25) is 0 Å². The summed E-state index contributed by atoms with van der Waals surface area (Å²) in [5, 5.41) is 0. The number of carbonyl (C=O) groups is 1. The Morgan fingerprint density at radius 1 is 0.915 bits per heavy atom. The standard InChI is InChI=1S/C36H47NO9S/c1-27-11-17-31(18-12-27)47(39,40)45-24-23-44-34-25-37(35(38)46-36(2,3)4)20-19-32(34)28-13-15-30(16-14-28)43-22-8-21-42-26-29-9-6-7-10-33(29)41-5/h6-7,9-18,32,34H,8,19-26H2,1-5H3. The number of aryl methyl sites for hydroxylation is 1. The molecule has 2 unspecified atom stereocenters. The zero-order valence-electron chi connectivity index (χ0n) is 28.0. The van der Waals surface area contributed by atoms with Crippen LogP contribution in [0.3, 0.4) is 0 Å². The third-order valence-electron chi connectivity index (χ3n) is 7.63. The van der Waals surface area contributed by atoms with Crippen molar-refractivity contribution in [2.75, 3.05) is 46.6 Å². The molecule has 3 aromatic rings. The molecule has 0 aromatic heterocycles. The van der Waals surface area contributed by atoms with E-state index >= 15 is 0 Å². The first-order valence-electron chi connectivity index (χ1n) is 15.9. The smallest absolute Gasteiger partial charge is 0.410 e. The van der Waals surface area contributed by atoms with Gasteiger partial charge in [-0.25, -0.2) is 4.79 Å². The summed E-state index contributed by atoms with van der Waals surface area (Å²) >= 11 is 0. The van der Waals surface area contributed by atoms with E-state index in [2.05, 4.69) is 0 Å². The van der Waals surface area contributed by atoms with Crippen LogP contribution in [0.4, 0.5) is 4.79 Å². The van der Waals surface area contributed by atoms with Gasteiger partial charge in [0, 0.05) is 24.4 Å². The van der Waals surface area contributed by atoms with Gasteiger partial charge in [-0.3, -0.25) is 4.18 Å². The Balaban J connectivity index is 1.30. The van der Waals surface area contributed by atoms with E-state index in [9.17, 15) is 13.2 Å². The van der Waals surface area contributed by atoms with E-state index in [-0.39, 0.29) is 24.0 Å². The summed E-state index contributed by atoms with van der Waals surface area (Å²) in [6, 6.07) is 22.2. The Bertz CT molecular complexity index is 1520. The molecule has 2 atom stereocenters. The van der Waals surface area contributed by atoms with Crippen LogP contribution >= 0.6 is 0 Å². The summed E-state index contributed by atoms with van der Waals surface area (Å²) in [5.41, 5.74) is 2.38. The highest BCUT2D eigenvalue weighted by Gasteiger charge is 2.35. The first kappa shape index (κ1) is 36.2. The molecule has 3 aromatic carbocycles. The zero-order chi connectivity index (χ0) is 33.9. The minimum atomic E-state index is -3.92. The molecule has 0 spiro atoms. The third-order valence-corrected chi connectivity index (χ3v) is 8.96. The maximum atomic E-state index is 12.9. The van der Waals surface area contributed by atoms with Crippen LogP contribution in [0.15, 0.2) is 77.7 Å². The Labute approximate surface area is 279 Å². The van der Waals surface area contributed by atoms with E-state index in [1.54, 1.807) is 24.1 Å². The number of ether oxygens (including phenoxy) is 5. The molecule has 256 valence electrons. The second-order valence-corrected chi connectivity index (χ2v) is 14.1. The van der Waals surface area contributed by atoms with Gasteiger partial charge in [-0.1, -0.05) is 48.0 Å². The van der Waals surface area contributed by atoms with Crippen LogP contribution in [-0.4, -0.2) is 77.7 Å². The Morgan fingerprint density at radius 3 is 2.34 bits per heavy atom. The van der Waals surface area contributed by atoms with Crippen molar-refractivity contribution in [1.82, 2.24) is 4.90 Å². The monoisotopic (exact) mass is 669 g/mol. The number of amides is 1. The predicted octanol–water partition coefficient (Wildman–Crippen LogP) is 6.50. The van der Waals surface area contributed by atoms with E-state index < -0.39 is 27.9 Å². The topological polar surface area (TPSA) is 110 Å². The van der Waals surface area contributed by atoms with Gasteiger partial charge in [0.05, 0.1) is 57.7 Å². The van der Waals surface area contributed by atoms with Gasteiger partial charge in [0.1, 0.15) is 17.1 Å². The number of hydrogen-bond acceptors (Lipinski definition) is 9. The number of rotatable bonds is 15. The highest BCUT2D eigenvalue weighted by atomic mass is 32.2. The fourth-order valence-corrected chi connectivity index (χ4v) is 6.13. The van der Waals surface area contributed by atoms with E-state index in [0.717, 1.165) is 34.6 Å². The molecule has 11 heteroatoms. The predicted molar refractivity (Wildman–Crippen MR) is 178 cm³/mol. The normalized spacial score (nSPS) is 16.9. The van der Waals surface area contributed by atoms with E-state index in [1.807, 2.05) is 76.2 Å². The summed E-state index contributed by atoms with van der Waals surface area (Å²) in [4.78, 5) is 14.6. The van der Waals surface area contributed by atoms with Gasteiger partial charge >= 0.3 is 6.09 Å². The van der Waals surface area contributed by atoms with Crippen LogP contribution in [0, 0.1) is 6.92 Å². The van der Waals surface area contributed by atoms with Crippen molar-refractivity contribution in [2.24, 2.45) is 0 Å². The average Bonchev–Trinajstić information content (AvgIpc) is 3.04. The van der Waals surface area contributed by atoms with Crippen LogP contribution in [0.1, 0.15) is 56.2 Å². The van der Waals surface area contributed by atoms with Gasteiger partial charge < -0.3 is 28.6 Å². The Morgan fingerprint density at radius 2 is 1.64 bits per heavy atom. The largest absolute Gasteiger partial charge is 0.496 e. The molecule has 1 saturated heterocycles. The SMILES string of the molecule is COc1ccccc1COCCCOc1ccc(C2CCN(C(=O)OC(C)(C)C)CC2OCCOS(=O)(=O)c2ccc(C)cc2)cc1. The van der Waals surface area contributed by atoms with Crippen molar-refractivity contribution >= 4 is 16.2 Å². The van der Waals surface area contributed by atoms with Gasteiger partial charge in [-0.15, -0.1) is 0 Å². The van der Waals surface area contributed by atoms with Crippen molar-refractivity contribution in [3.63, 3.8) is 0 Å². The molecule has 1 aliphatic heterocycles. The van der Waals surface area contributed by atoms with Crippen LogP contribution in [0.5, 0.6) is 11.5 Å². The molecule has 1 fully saturated rings. The van der Waals surface area contributed by atoms with Gasteiger partial charge in [0.25, 0.3) is 10.1 Å². The molecule has 1 heterocycles. The van der Waals surface area contributed by atoms with Crippen molar-refractivity contribution in [3.8, 4) is 11.5 Å². The number of benzene rings is 3.